The number of aliphatic hydroxyl groups excluding tert-OH is 1. The average molecular weight is 297 g/mol. The van der Waals surface area contributed by atoms with Crippen LogP contribution in [0.5, 0.6) is 0 Å². The number of hydrogen-bond acceptors (Lipinski definition) is 4. The molecule has 7 heteroatoms. The lowest BCUT2D eigenvalue weighted by Crippen LogP contribution is -2.66. The Balaban J connectivity index is 1.92. The van der Waals surface area contributed by atoms with E-state index in [2.05, 4.69) is 5.32 Å². The zero-order valence-corrected chi connectivity index (χ0v) is 12.7. The SMILES string of the molecule is CC(=O)N1CCN(C(=O)C(C)C2NC(=O)C2C(C)O)CC1. The summed E-state index contributed by atoms with van der Waals surface area (Å²) in [6, 6.07) is -0.309. The van der Waals surface area contributed by atoms with Crippen LogP contribution in [0, 0.1) is 11.8 Å². The third-order valence-electron chi connectivity index (χ3n) is 4.48. The molecule has 0 aliphatic carbocycles. The molecule has 3 amide bonds. The van der Waals surface area contributed by atoms with Crippen LogP contribution >= 0.6 is 0 Å². The van der Waals surface area contributed by atoms with Crippen LogP contribution in [0.3, 0.4) is 0 Å². The van der Waals surface area contributed by atoms with Gasteiger partial charge in [-0.05, 0) is 6.92 Å². The number of β-lactam (4-membered cyclic amide) rings is 1. The molecule has 4 atom stereocenters. The first kappa shape index (κ1) is 15.8. The molecule has 0 aromatic heterocycles. The first-order valence-corrected chi connectivity index (χ1v) is 7.35. The van der Waals surface area contributed by atoms with Crippen molar-refractivity contribution in [1.29, 1.82) is 0 Å². The van der Waals surface area contributed by atoms with Crippen molar-refractivity contribution in [3.63, 3.8) is 0 Å². The Morgan fingerprint density at radius 1 is 1.19 bits per heavy atom. The zero-order valence-electron chi connectivity index (χ0n) is 12.7. The summed E-state index contributed by atoms with van der Waals surface area (Å²) in [6.45, 7) is 7.00. The van der Waals surface area contributed by atoms with E-state index < -0.39 is 12.0 Å². The number of rotatable bonds is 3. The van der Waals surface area contributed by atoms with Crippen LogP contribution in [0.4, 0.5) is 0 Å². The van der Waals surface area contributed by atoms with Crippen molar-refractivity contribution >= 4 is 17.7 Å². The van der Waals surface area contributed by atoms with Crippen molar-refractivity contribution in [3.05, 3.63) is 0 Å². The Kier molecular flexibility index (Phi) is 4.51. The van der Waals surface area contributed by atoms with Gasteiger partial charge in [-0.15, -0.1) is 0 Å². The maximum atomic E-state index is 12.5. The van der Waals surface area contributed by atoms with E-state index in [1.165, 1.54) is 6.92 Å². The summed E-state index contributed by atoms with van der Waals surface area (Å²) >= 11 is 0. The minimum Gasteiger partial charge on any atom is -0.393 e. The fourth-order valence-electron chi connectivity index (χ4n) is 3.06. The highest BCUT2D eigenvalue weighted by Gasteiger charge is 2.47. The van der Waals surface area contributed by atoms with Gasteiger partial charge in [0.15, 0.2) is 0 Å². The molecule has 2 rings (SSSR count). The minimum atomic E-state index is -0.756. The number of piperazine rings is 1. The summed E-state index contributed by atoms with van der Waals surface area (Å²) < 4.78 is 0. The molecule has 7 nitrogen and oxygen atoms in total. The second-order valence-electron chi connectivity index (χ2n) is 5.92. The van der Waals surface area contributed by atoms with E-state index in [9.17, 15) is 19.5 Å². The van der Waals surface area contributed by atoms with Gasteiger partial charge in [0.05, 0.1) is 24.0 Å². The summed E-state index contributed by atoms with van der Waals surface area (Å²) in [6.07, 6.45) is -0.756. The van der Waals surface area contributed by atoms with E-state index in [4.69, 9.17) is 0 Å². The van der Waals surface area contributed by atoms with E-state index in [0.29, 0.717) is 26.2 Å². The number of carbonyl (C=O) groups is 3. The lowest BCUT2D eigenvalue weighted by Gasteiger charge is -2.43. The van der Waals surface area contributed by atoms with Crippen molar-refractivity contribution in [2.24, 2.45) is 11.8 Å². The molecule has 0 aromatic rings. The molecular formula is C14H23N3O4. The molecule has 2 saturated heterocycles. The summed E-state index contributed by atoms with van der Waals surface area (Å²) in [5, 5.41) is 12.3. The van der Waals surface area contributed by atoms with E-state index >= 15 is 0 Å². The fourth-order valence-corrected chi connectivity index (χ4v) is 3.06. The minimum absolute atomic E-state index is 0.0237. The second kappa shape index (κ2) is 6.01. The molecule has 0 bridgehead atoms. The van der Waals surface area contributed by atoms with Crippen LogP contribution in [0.2, 0.25) is 0 Å². The monoisotopic (exact) mass is 297 g/mol. The van der Waals surface area contributed by atoms with Crippen LogP contribution in [0.25, 0.3) is 0 Å². The van der Waals surface area contributed by atoms with Crippen LogP contribution in [-0.4, -0.2) is 71.0 Å². The van der Waals surface area contributed by atoms with Gasteiger partial charge >= 0.3 is 0 Å². The van der Waals surface area contributed by atoms with Crippen LogP contribution in [-0.2, 0) is 14.4 Å². The molecule has 2 aliphatic rings. The molecule has 21 heavy (non-hydrogen) atoms. The van der Waals surface area contributed by atoms with Gasteiger partial charge < -0.3 is 20.2 Å². The topological polar surface area (TPSA) is 90.0 Å². The van der Waals surface area contributed by atoms with E-state index in [0.717, 1.165) is 0 Å². The summed E-state index contributed by atoms with van der Waals surface area (Å²) in [5.41, 5.74) is 0. The zero-order chi connectivity index (χ0) is 15.7. The molecule has 0 radical (unpaired) electrons. The van der Waals surface area contributed by atoms with Crippen LogP contribution < -0.4 is 5.32 Å². The van der Waals surface area contributed by atoms with Gasteiger partial charge in [-0.2, -0.15) is 0 Å². The van der Waals surface area contributed by atoms with E-state index in [-0.39, 0.29) is 29.7 Å². The van der Waals surface area contributed by atoms with Gasteiger partial charge in [-0.25, -0.2) is 0 Å². The standard InChI is InChI=1S/C14H23N3O4/c1-8(12-11(9(2)18)13(20)15-12)14(21)17-6-4-16(5-7-17)10(3)19/h8-9,11-12,18H,4-7H2,1-3H3,(H,15,20). The van der Waals surface area contributed by atoms with Crippen molar-refractivity contribution in [2.75, 3.05) is 26.2 Å². The van der Waals surface area contributed by atoms with Gasteiger partial charge in [0.2, 0.25) is 17.7 Å². The first-order chi connectivity index (χ1) is 9.82. The molecule has 118 valence electrons. The largest absolute Gasteiger partial charge is 0.393 e. The van der Waals surface area contributed by atoms with Crippen molar-refractivity contribution in [3.8, 4) is 0 Å². The summed E-state index contributed by atoms with van der Waals surface area (Å²) in [5.74, 6) is -1.09. The molecule has 4 unspecified atom stereocenters. The smallest absolute Gasteiger partial charge is 0.228 e. The highest BCUT2D eigenvalue weighted by Crippen LogP contribution is 2.27. The summed E-state index contributed by atoms with van der Waals surface area (Å²) in [4.78, 5) is 38.7. The Morgan fingerprint density at radius 3 is 2.14 bits per heavy atom. The lowest BCUT2D eigenvalue weighted by molar-refractivity contribution is -0.150. The predicted octanol–water partition coefficient (Wildman–Crippen LogP) is -1.19. The number of aliphatic hydroxyl groups is 1. The maximum absolute atomic E-state index is 12.5. The van der Waals surface area contributed by atoms with E-state index in [1.807, 2.05) is 0 Å². The Hall–Kier alpha value is -1.63. The number of nitrogens with one attached hydrogen (secondary N) is 1. The van der Waals surface area contributed by atoms with Crippen LogP contribution in [0.1, 0.15) is 20.8 Å². The lowest BCUT2D eigenvalue weighted by atomic mass is 9.78. The van der Waals surface area contributed by atoms with Gasteiger partial charge in [-0.3, -0.25) is 14.4 Å². The summed E-state index contributed by atoms with van der Waals surface area (Å²) in [7, 11) is 0. The van der Waals surface area contributed by atoms with Crippen LogP contribution in [0.15, 0.2) is 0 Å². The maximum Gasteiger partial charge on any atom is 0.228 e. The fraction of sp³-hybridized carbons (Fsp3) is 0.786. The van der Waals surface area contributed by atoms with Gasteiger partial charge in [0, 0.05) is 33.1 Å². The molecular weight excluding hydrogens is 274 g/mol. The molecule has 2 fully saturated rings. The van der Waals surface area contributed by atoms with E-state index in [1.54, 1.807) is 23.6 Å². The molecule has 0 saturated carbocycles. The van der Waals surface area contributed by atoms with Gasteiger partial charge in [0.25, 0.3) is 0 Å². The van der Waals surface area contributed by atoms with Crippen molar-refractivity contribution in [2.45, 2.75) is 32.9 Å². The number of hydrogen-bond donors (Lipinski definition) is 2. The van der Waals surface area contributed by atoms with Crippen molar-refractivity contribution in [1.82, 2.24) is 15.1 Å². The average Bonchev–Trinajstić information content (AvgIpc) is 2.42. The molecule has 2 heterocycles. The first-order valence-electron chi connectivity index (χ1n) is 7.35. The van der Waals surface area contributed by atoms with Gasteiger partial charge in [0.1, 0.15) is 0 Å². The molecule has 2 aliphatic heterocycles. The normalized spacial score (nSPS) is 28.5. The quantitative estimate of drug-likeness (QED) is 0.641. The molecule has 0 spiro atoms. The number of carbonyl (C=O) groups excluding carboxylic acids is 3. The van der Waals surface area contributed by atoms with Crippen molar-refractivity contribution < 1.29 is 19.5 Å². The Bertz CT molecular complexity index is 444. The number of nitrogens with zero attached hydrogens (tertiary/aromatic N) is 2. The third kappa shape index (κ3) is 3.02. The van der Waals surface area contributed by atoms with Gasteiger partial charge in [-0.1, -0.05) is 6.92 Å². The number of amides is 3. The highest BCUT2D eigenvalue weighted by molar-refractivity contribution is 5.90. The Labute approximate surface area is 124 Å². The molecule has 2 N–H and O–H groups in total. The Morgan fingerprint density at radius 2 is 1.71 bits per heavy atom. The second-order valence-corrected chi connectivity index (χ2v) is 5.92. The highest BCUT2D eigenvalue weighted by atomic mass is 16.3. The third-order valence-corrected chi connectivity index (χ3v) is 4.48. The molecule has 0 aromatic carbocycles. The predicted molar refractivity (Wildman–Crippen MR) is 75.1 cm³/mol.